The molecular weight excluding hydrogens is 238 g/mol. The van der Waals surface area contributed by atoms with Crippen molar-refractivity contribution in [1.29, 1.82) is 0 Å². The summed E-state index contributed by atoms with van der Waals surface area (Å²) in [5, 5.41) is 3.15. The van der Waals surface area contributed by atoms with Gasteiger partial charge < -0.3 is 10.2 Å². The van der Waals surface area contributed by atoms with Crippen LogP contribution < -0.4 is 10.2 Å². The molecule has 1 aliphatic heterocycles. The van der Waals surface area contributed by atoms with Gasteiger partial charge in [-0.15, -0.1) is 0 Å². The quantitative estimate of drug-likeness (QED) is 0.863. The topological polar surface area (TPSA) is 62.3 Å². The smallest absolute Gasteiger partial charge is 0.153 e. The molecule has 2 heterocycles. The molecule has 0 amide bonds. The third-order valence-electron chi connectivity index (χ3n) is 2.76. The normalized spacial score (nSPS) is 19.0. The van der Waals surface area contributed by atoms with Crippen molar-refractivity contribution >= 4 is 21.5 Å². The maximum Gasteiger partial charge on any atom is 0.153 e. The summed E-state index contributed by atoms with van der Waals surface area (Å²) in [6.07, 6.45) is 0. The lowest BCUT2D eigenvalue weighted by molar-refractivity contribution is 0.586. The fraction of sp³-hybridized carbons (Fsp3) is 0.545. The van der Waals surface area contributed by atoms with E-state index in [1.165, 1.54) is 0 Å². The number of hydrogen-bond donors (Lipinski definition) is 1. The lowest BCUT2D eigenvalue weighted by Crippen LogP contribution is -2.40. The van der Waals surface area contributed by atoms with E-state index in [0.717, 1.165) is 18.2 Å². The van der Waals surface area contributed by atoms with Gasteiger partial charge in [-0.3, -0.25) is 0 Å². The van der Waals surface area contributed by atoms with E-state index < -0.39 is 9.84 Å². The Morgan fingerprint density at radius 1 is 1.35 bits per heavy atom. The fourth-order valence-corrected chi connectivity index (χ4v) is 3.02. The molecule has 2 rings (SSSR count). The standard InChI is InChI=1S/C11H17N3O2S/c1-2-12-10-4-3-5-11(13-10)14-6-8-17(15,16)9-7-14/h3-5H,2,6-9H2,1H3,(H,12,13). The van der Waals surface area contributed by atoms with E-state index in [4.69, 9.17) is 0 Å². The number of anilines is 2. The van der Waals surface area contributed by atoms with Crippen LogP contribution in [0.1, 0.15) is 6.92 Å². The van der Waals surface area contributed by atoms with Crippen LogP contribution in [-0.2, 0) is 9.84 Å². The van der Waals surface area contributed by atoms with Crippen molar-refractivity contribution in [3.8, 4) is 0 Å². The summed E-state index contributed by atoms with van der Waals surface area (Å²) < 4.78 is 22.7. The molecule has 6 heteroatoms. The fourth-order valence-electron chi connectivity index (χ4n) is 1.82. The molecule has 1 fully saturated rings. The third-order valence-corrected chi connectivity index (χ3v) is 4.37. The Labute approximate surface area is 102 Å². The van der Waals surface area contributed by atoms with E-state index >= 15 is 0 Å². The highest BCUT2D eigenvalue weighted by atomic mass is 32.2. The lowest BCUT2D eigenvalue weighted by atomic mass is 10.4. The van der Waals surface area contributed by atoms with Gasteiger partial charge in [0.05, 0.1) is 11.5 Å². The van der Waals surface area contributed by atoms with Crippen LogP contribution in [0.15, 0.2) is 18.2 Å². The molecule has 0 saturated carbocycles. The van der Waals surface area contributed by atoms with E-state index in [-0.39, 0.29) is 11.5 Å². The second-order valence-corrected chi connectivity index (χ2v) is 6.35. The molecule has 17 heavy (non-hydrogen) atoms. The molecule has 1 N–H and O–H groups in total. The largest absolute Gasteiger partial charge is 0.370 e. The van der Waals surface area contributed by atoms with Gasteiger partial charge in [0.2, 0.25) is 0 Å². The van der Waals surface area contributed by atoms with Crippen LogP contribution in [0, 0.1) is 0 Å². The van der Waals surface area contributed by atoms with Gasteiger partial charge in [0.25, 0.3) is 0 Å². The summed E-state index contributed by atoms with van der Waals surface area (Å²) in [6.45, 7) is 3.91. The molecular formula is C11H17N3O2S. The van der Waals surface area contributed by atoms with Crippen molar-refractivity contribution in [3.05, 3.63) is 18.2 Å². The van der Waals surface area contributed by atoms with Crippen molar-refractivity contribution in [2.24, 2.45) is 0 Å². The number of rotatable bonds is 3. The van der Waals surface area contributed by atoms with Crippen LogP contribution in [0.5, 0.6) is 0 Å². The Bertz CT molecular complexity index is 473. The average molecular weight is 255 g/mol. The number of hydrogen-bond acceptors (Lipinski definition) is 5. The third kappa shape index (κ3) is 3.09. The molecule has 1 aliphatic rings. The van der Waals surface area contributed by atoms with Gasteiger partial charge in [0.1, 0.15) is 11.6 Å². The minimum absolute atomic E-state index is 0.222. The van der Waals surface area contributed by atoms with Gasteiger partial charge in [-0.1, -0.05) is 6.07 Å². The van der Waals surface area contributed by atoms with E-state index in [0.29, 0.717) is 13.1 Å². The van der Waals surface area contributed by atoms with E-state index in [9.17, 15) is 8.42 Å². The monoisotopic (exact) mass is 255 g/mol. The molecule has 0 aromatic carbocycles. The highest BCUT2D eigenvalue weighted by Gasteiger charge is 2.22. The number of aromatic nitrogens is 1. The SMILES string of the molecule is CCNc1cccc(N2CCS(=O)(=O)CC2)n1. The second-order valence-electron chi connectivity index (χ2n) is 4.05. The minimum atomic E-state index is -2.83. The van der Waals surface area contributed by atoms with Gasteiger partial charge in [-0.2, -0.15) is 0 Å². The minimum Gasteiger partial charge on any atom is -0.370 e. The van der Waals surface area contributed by atoms with Crippen molar-refractivity contribution in [1.82, 2.24) is 4.98 Å². The Balaban J connectivity index is 2.10. The van der Waals surface area contributed by atoms with E-state index in [1.54, 1.807) is 0 Å². The maximum absolute atomic E-state index is 11.3. The molecule has 0 unspecified atom stereocenters. The van der Waals surface area contributed by atoms with Crippen molar-refractivity contribution in [2.75, 3.05) is 41.4 Å². The van der Waals surface area contributed by atoms with E-state index in [1.807, 2.05) is 30.0 Å². The molecule has 0 bridgehead atoms. The van der Waals surface area contributed by atoms with Crippen molar-refractivity contribution in [3.63, 3.8) is 0 Å². The first-order valence-corrected chi connectivity index (χ1v) is 7.59. The summed E-state index contributed by atoms with van der Waals surface area (Å²) in [6, 6.07) is 5.76. The predicted molar refractivity (Wildman–Crippen MR) is 69.3 cm³/mol. The zero-order valence-electron chi connectivity index (χ0n) is 9.89. The first-order chi connectivity index (χ1) is 8.11. The Morgan fingerprint density at radius 3 is 2.71 bits per heavy atom. The zero-order chi connectivity index (χ0) is 12.3. The van der Waals surface area contributed by atoms with Crippen LogP contribution in [0.3, 0.4) is 0 Å². The summed E-state index contributed by atoms with van der Waals surface area (Å²) in [5.74, 6) is 2.12. The first-order valence-electron chi connectivity index (χ1n) is 5.77. The van der Waals surface area contributed by atoms with Gasteiger partial charge in [0.15, 0.2) is 9.84 Å². The summed E-state index contributed by atoms with van der Waals surface area (Å²) in [5.41, 5.74) is 0. The Morgan fingerprint density at radius 2 is 2.06 bits per heavy atom. The Hall–Kier alpha value is -1.30. The highest BCUT2D eigenvalue weighted by Crippen LogP contribution is 2.16. The molecule has 0 aliphatic carbocycles. The first kappa shape index (κ1) is 12.2. The van der Waals surface area contributed by atoms with Crippen LogP contribution >= 0.6 is 0 Å². The molecule has 0 radical (unpaired) electrons. The van der Waals surface area contributed by atoms with Gasteiger partial charge in [-0.25, -0.2) is 13.4 Å². The van der Waals surface area contributed by atoms with Crippen molar-refractivity contribution < 1.29 is 8.42 Å². The highest BCUT2D eigenvalue weighted by molar-refractivity contribution is 7.91. The average Bonchev–Trinajstić information content (AvgIpc) is 2.30. The number of nitrogens with zero attached hydrogens (tertiary/aromatic N) is 2. The summed E-state index contributed by atoms with van der Waals surface area (Å²) >= 11 is 0. The van der Waals surface area contributed by atoms with Crippen LogP contribution in [0.4, 0.5) is 11.6 Å². The number of sulfone groups is 1. The summed E-state index contributed by atoms with van der Waals surface area (Å²) in [4.78, 5) is 6.47. The molecule has 0 atom stereocenters. The molecule has 1 aromatic heterocycles. The van der Waals surface area contributed by atoms with Gasteiger partial charge >= 0.3 is 0 Å². The maximum atomic E-state index is 11.3. The molecule has 1 aromatic rings. The molecule has 0 spiro atoms. The van der Waals surface area contributed by atoms with Crippen LogP contribution in [-0.4, -0.2) is 44.5 Å². The Kier molecular flexibility index (Phi) is 3.51. The van der Waals surface area contributed by atoms with Gasteiger partial charge in [0, 0.05) is 19.6 Å². The number of nitrogens with one attached hydrogen (secondary N) is 1. The molecule has 94 valence electrons. The summed E-state index contributed by atoms with van der Waals surface area (Å²) in [7, 11) is -2.83. The molecule has 5 nitrogen and oxygen atoms in total. The predicted octanol–water partition coefficient (Wildman–Crippen LogP) is 0.748. The second kappa shape index (κ2) is 4.91. The van der Waals surface area contributed by atoms with Gasteiger partial charge in [-0.05, 0) is 19.1 Å². The van der Waals surface area contributed by atoms with E-state index in [2.05, 4.69) is 10.3 Å². The number of pyridine rings is 1. The zero-order valence-corrected chi connectivity index (χ0v) is 10.7. The van der Waals surface area contributed by atoms with Crippen LogP contribution in [0.25, 0.3) is 0 Å². The molecule has 1 saturated heterocycles. The lowest BCUT2D eigenvalue weighted by Gasteiger charge is -2.27. The van der Waals surface area contributed by atoms with Crippen LogP contribution in [0.2, 0.25) is 0 Å². The van der Waals surface area contributed by atoms with Crippen molar-refractivity contribution in [2.45, 2.75) is 6.92 Å².